The molecule has 1 aromatic rings. The molecule has 0 heterocycles. The lowest BCUT2D eigenvalue weighted by atomic mass is 10.1. The molecule has 0 radical (unpaired) electrons. The second-order valence-corrected chi connectivity index (χ2v) is 5.08. The second-order valence-electron chi connectivity index (χ2n) is 4.64. The molecule has 2 N–H and O–H groups in total. The van der Waals surface area contributed by atoms with Crippen LogP contribution in [0.15, 0.2) is 23.3 Å². The number of nitrogens with one attached hydrogen (secondary N) is 2. The van der Waals surface area contributed by atoms with Crippen LogP contribution in [-0.2, 0) is 19.1 Å². The van der Waals surface area contributed by atoms with Crippen molar-refractivity contribution in [2.45, 2.75) is 20.3 Å². The first kappa shape index (κ1) is 20.4. The number of hydrogen-bond acceptors (Lipinski definition) is 7. The molecule has 0 aliphatic heterocycles. The van der Waals surface area contributed by atoms with Gasteiger partial charge in [0.25, 0.3) is 5.91 Å². The molecule has 0 bridgehead atoms. The highest BCUT2D eigenvalue weighted by molar-refractivity contribution is 6.39. The highest BCUT2D eigenvalue weighted by atomic mass is 35.5. The Morgan fingerprint density at radius 3 is 2.44 bits per heavy atom. The van der Waals surface area contributed by atoms with Crippen molar-refractivity contribution in [3.63, 3.8) is 0 Å². The van der Waals surface area contributed by atoms with Crippen LogP contribution in [0.1, 0.15) is 30.6 Å². The molecule has 0 aliphatic carbocycles. The number of carbonyl (C=O) groups excluding carboxylic acids is 3. The molecular formula is C16H20ClN3O5. The zero-order valence-electron chi connectivity index (χ0n) is 14.2. The molecule has 8 nitrogen and oxygen atoms in total. The third-order valence-electron chi connectivity index (χ3n) is 2.92. The fraction of sp³-hybridized carbons (Fsp3) is 0.375. The summed E-state index contributed by atoms with van der Waals surface area (Å²) in [4.78, 5) is 35.7. The SMILES string of the molecule is CCOC(=O)C/C(=N\NC(=O)c1cc(Cl)ccc1NC)C(=O)OCC. The van der Waals surface area contributed by atoms with Crippen LogP contribution in [0, 0.1) is 0 Å². The van der Waals surface area contributed by atoms with Gasteiger partial charge in [-0.05, 0) is 32.0 Å². The number of esters is 2. The summed E-state index contributed by atoms with van der Waals surface area (Å²) in [6.45, 7) is 3.52. The van der Waals surface area contributed by atoms with E-state index in [0.29, 0.717) is 10.7 Å². The zero-order valence-corrected chi connectivity index (χ0v) is 15.0. The first-order valence-electron chi connectivity index (χ1n) is 7.59. The molecule has 1 aromatic carbocycles. The third kappa shape index (κ3) is 6.42. The Balaban J connectivity index is 2.98. The second kappa shape index (κ2) is 10.3. The summed E-state index contributed by atoms with van der Waals surface area (Å²) in [5, 5.41) is 6.93. The van der Waals surface area contributed by atoms with Gasteiger partial charge in [-0.3, -0.25) is 9.59 Å². The Bertz CT molecular complexity index is 676. The first-order chi connectivity index (χ1) is 11.9. The average Bonchev–Trinajstić information content (AvgIpc) is 2.58. The number of ether oxygens (including phenoxy) is 2. The standard InChI is InChI=1S/C16H20ClN3O5/c1-4-24-14(21)9-13(16(23)25-5-2)19-20-15(22)11-8-10(17)6-7-12(11)18-3/h6-8,18H,4-5,9H2,1-3H3,(H,20,22)/b19-13+. The van der Waals surface area contributed by atoms with Gasteiger partial charge in [-0.1, -0.05) is 11.6 Å². The molecule has 0 saturated carbocycles. The minimum atomic E-state index is -0.809. The van der Waals surface area contributed by atoms with Gasteiger partial charge in [-0.2, -0.15) is 5.10 Å². The minimum Gasteiger partial charge on any atom is -0.466 e. The van der Waals surface area contributed by atoms with E-state index in [-0.39, 0.29) is 24.5 Å². The van der Waals surface area contributed by atoms with Crippen LogP contribution in [-0.4, -0.2) is 43.8 Å². The molecule has 0 aliphatic rings. The van der Waals surface area contributed by atoms with E-state index >= 15 is 0 Å². The number of benzene rings is 1. The van der Waals surface area contributed by atoms with E-state index in [0.717, 1.165) is 0 Å². The summed E-state index contributed by atoms with van der Waals surface area (Å²) in [5.74, 6) is -2.06. The van der Waals surface area contributed by atoms with Crippen molar-refractivity contribution in [1.82, 2.24) is 5.43 Å². The van der Waals surface area contributed by atoms with E-state index < -0.39 is 24.3 Å². The van der Waals surface area contributed by atoms with Crippen molar-refractivity contribution in [3.8, 4) is 0 Å². The Hall–Kier alpha value is -2.61. The summed E-state index contributed by atoms with van der Waals surface area (Å²) < 4.78 is 9.60. The Kier molecular flexibility index (Phi) is 8.42. The number of anilines is 1. The lowest BCUT2D eigenvalue weighted by molar-refractivity contribution is -0.143. The van der Waals surface area contributed by atoms with Gasteiger partial charge >= 0.3 is 11.9 Å². The topological polar surface area (TPSA) is 106 Å². The van der Waals surface area contributed by atoms with Crippen LogP contribution in [0.3, 0.4) is 0 Å². The minimum absolute atomic E-state index is 0.104. The van der Waals surface area contributed by atoms with Gasteiger partial charge < -0.3 is 14.8 Å². The summed E-state index contributed by atoms with van der Waals surface area (Å²) in [6.07, 6.45) is -0.415. The lowest BCUT2D eigenvalue weighted by Gasteiger charge is -2.09. The molecule has 0 saturated heterocycles. The van der Waals surface area contributed by atoms with E-state index in [1.54, 1.807) is 33.0 Å². The van der Waals surface area contributed by atoms with Gasteiger partial charge in [-0.15, -0.1) is 0 Å². The quantitative estimate of drug-likeness (QED) is 0.412. The van der Waals surface area contributed by atoms with Crippen LogP contribution in [0.5, 0.6) is 0 Å². The van der Waals surface area contributed by atoms with Crippen molar-refractivity contribution in [1.29, 1.82) is 0 Å². The van der Waals surface area contributed by atoms with Crippen molar-refractivity contribution in [2.24, 2.45) is 5.10 Å². The number of hydrazone groups is 1. The summed E-state index contributed by atoms with van der Waals surface area (Å²) in [6, 6.07) is 4.71. The predicted molar refractivity (Wildman–Crippen MR) is 93.8 cm³/mol. The van der Waals surface area contributed by atoms with E-state index in [4.69, 9.17) is 21.1 Å². The summed E-state index contributed by atoms with van der Waals surface area (Å²) in [7, 11) is 1.65. The zero-order chi connectivity index (χ0) is 18.8. The molecule has 0 aromatic heterocycles. The lowest BCUT2D eigenvalue weighted by Crippen LogP contribution is -2.27. The fourth-order valence-electron chi connectivity index (χ4n) is 1.82. The Morgan fingerprint density at radius 1 is 1.16 bits per heavy atom. The highest BCUT2D eigenvalue weighted by Gasteiger charge is 2.19. The van der Waals surface area contributed by atoms with E-state index in [1.807, 2.05) is 0 Å². The van der Waals surface area contributed by atoms with Gasteiger partial charge in [-0.25, -0.2) is 10.2 Å². The molecule has 9 heteroatoms. The highest BCUT2D eigenvalue weighted by Crippen LogP contribution is 2.20. The number of rotatable bonds is 8. The molecule has 0 spiro atoms. The average molecular weight is 370 g/mol. The van der Waals surface area contributed by atoms with E-state index in [2.05, 4.69) is 15.8 Å². The molecule has 0 fully saturated rings. The van der Waals surface area contributed by atoms with Crippen molar-refractivity contribution >= 4 is 40.8 Å². The number of carbonyl (C=O) groups is 3. The Labute approximate surface area is 150 Å². The smallest absolute Gasteiger partial charge is 0.355 e. The Morgan fingerprint density at radius 2 is 1.84 bits per heavy atom. The molecule has 25 heavy (non-hydrogen) atoms. The number of nitrogens with zero attached hydrogens (tertiary/aromatic N) is 1. The van der Waals surface area contributed by atoms with Gasteiger partial charge in [0.1, 0.15) is 0 Å². The predicted octanol–water partition coefficient (Wildman–Crippen LogP) is 1.98. The largest absolute Gasteiger partial charge is 0.466 e. The van der Waals surface area contributed by atoms with Crippen LogP contribution in [0.25, 0.3) is 0 Å². The molecule has 136 valence electrons. The monoisotopic (exact) mass is 369 g/mol. The molecule has 0 atom stereocenters. The maximum absolute atomic E-state index is 12.3. The maximum atomic E-state index is 12.3. The maximum Gasteiger partial charge on any atom is 0.355 e. The fourth-order valence-corrected chi connectivity index (χ4v) is 1.99. The summed E-state index contributed by atoms with van der Waals surface area (Å²) in [5.41, 5.74) is 2.73. The van der Waals surface area contributed by atoms with E-state index in [9.17, 15) is 14.4 Å². The van der Waals surface area contributed by atoms with Gasteiger partial charge in [0.05, 0.1) is 25.2 Å². The van der Waals surface area contributed by atoms with Crippen LogP contribution < -0.4 is 10.7 Å². The van der Waals surface area contributed by atoms with Crippen LogP contribution >= 0.6 is 11.6 Å². The summed E-state index contributed by atoms with van der Waals surface area (Å²) >= 11 is 5.90. The van der Waals surface area contributed by atoms with Gasteiger partial charge in [0, 0.05) is 17.8 Å². The van der Waals surface area contributed by atoms with Crippen LogP contribution in [0.2, 0.25) is 5.02 Å². The van der Waals surface area contributed by atoms with Crippen molar-refractivity contribution in [3.05, 3.63) is 28.8 Å². The number of hydrogen-bond donors (Lipinski definition) is 2. The van der Waals surface area contributed by atoms with Crippen molar-refractivity contribution in [2.75, 3.05) is 25.6 Å². The van der Waals surface area contributed by atoms with E-state index in [1.165, 1.54) is 6.07 Å². The third-order valence-corrected chi connectivity index (χ3v) is 3.15. The number of amides is 1. The number of halogens is 1. The normalized spacial score (nSPS) is 10.8. The van der Waals surface area contributed by atoms with Crippen LogP contribution in [0.4, 0.5) is 5.69 Å². The van der Waals surface area contributed by atoms with Gasteiger partial charge in [0.15, 0.2) is 5.71 Å². The van der Waals surface area contributed by atoms with Crippen molar-refractivity contribution < 1.29 is 23.9 Å². The first-order valence-corrected chi connectivity index (χ1v) is 7.97. The van der Waals surface area contributed by atoms with Gasteiger partial charge in [0.2, 0.25) is 0 Å². The molecule has 1 rings (SSSR count). The molecule has 0 unspecified atom stereocenters. The molecular weight excluding hydrogens is 350 g/mol. The molecule has 1 amide bonds.